The maximum absolute atomic E-state index is 12.9. The fourth-order valence-corrected chi connectivity index (χ4v) is 1.48. The van der Waals surface area contributed by atoms with Gasteiger partial charge in [0, 0.05) is 12.5 Å². The van der Waals surface area contributed by atoms with Crippen LogP contribution in [0, 0.1) is 24.0 Å². The molecule has 0 heterocycles. The van der Waals surface area contributed by atoms with Gasteiger partial charge in [-0.25, -0.2) is 8.78 Å². The molecule has 0 aromatic heterocycles. The van der Waals surface area contributed by atoms with Gasteiger partial charge in [-0.2, -0.15) is 0 Å². The number of benzene rings is 1. The number of carbonyl (C=O) groups is 2. The minimum absolute atomic E-state index is 0.0431. The number of primary amides is 1. The third-order valence-electron chi connectivity index (χ3n) is 2.29. The minimum Gasteiger partial charge on any atom is -0.368 e. The standard InChI is InChI=1S/C13H12F2N2O2/c1-2-3-11(13(16)19)17-12(18)6-8-4-9(14)7-10(15)5-8/h1,4-5,7,11H,3,6H2,(H2,16,19)(H,17,18)/t11-/m1/s1. The van der Waals surface area contributed by atoms with Gasteiger partial charge in [-0.1, -0.05) is 0 Å². The summed E-state index contributed by atoms with van der Waals surface area (Å²) < 4.78 is 25.8. The van der Waals surface area contributed by atoms with Crippen LogP contribution in [0.25, 0.3) is 0 Å². The summed E-state index contributed by atoms with van der Waals surface area (Å²) in [4.78, 5) is 22.6. The molecule has 0 saturated carbocycles. The van der Waals surface area contributed by atoms with E-state index in [1.54, 1.807) is 0 Å². The van der Waals surface area contributed by atoms with Crippen molar-refractivity contribution >= 4 is 11.8 Å². The highest BCUT2D eigenvalue weighted by molar-refractivity contribution is 5.87. The molecule has 0 radical (unpaired) electrons. The number of rotatable bonds is 5. The van der Waals surface area contributed by atoms with Crippen molar-refractivity contribution < 1.29 is 18.4 Å². The van der Waals surface area contributed by atoms with Crippen molar-refractivity contribution in [2.24, 2.45) is 5.73 Å². The predicted octanol–water partition coefficient (Wildman–Crippen LogP) is 0.501. The molecule has 4 nitrogen and oxygen atoms in total. The molecule has 1 rings (SSSR count). The van der Waals surface area contributed by atoms with Crippen LogP contribution in [0.3, 0.4) is 0 Å². The molecule has 2 amide bonds. The fraction of sp³-hybridized carbons (Fsp3) is 0.231. The molecule has 6 heteroatoms. The van der Waals surface area contributed by atoms with Gasteiger partial charge in [-0.3, -0.25) is 9.59 Å². The number of amides is 2. The van der Waals surface area contributed by atoms with Gasteiger partial charge < -0.3 is 11.1 Å². The van der Waals surface area contributed by atoms with Gasteiger partial charge in [-0.15, -0.1) is 12.3 Å². The molecule has 0 aliphatic heterocycles. The summed E-state index contributed by atoms with van der Waals surface area (Å²) >= 11 is 0. The zero-order valence-electron chi connectivity index (χ0n) is 9.95. The number of hydrogen-bond donors (Lipinski definition) is 2. The van der Waals surface area contributed by atoms with Crippen LogP contribution in [-0.4, -0.2) is 17.9 Å². The van der Waals surface area contributed by atoms with Gasteiger partial charge in [0.2, 0.25) is 11.8 Å². The van der Waals surface area contributed by atoms with Gasteiger partial charge >= 0.3 is 0 Å². The van der Waals surface area contributed by atoms with Crippen LogP contribution >= 0.6 is 0 Å². The maximum atomic E-state index is 12.9. The van der Waals surface area contributed by atoms with E-state index in [1.807, 2.05) is 0 Å². The van der Waals surface area contributed by atoms with Crippen molar-refractivity contribution in [1.82, 2.24) is 5.32 Å². The van der Waals surface area contributed by atoms with Crippen LogP contribution in [-0.2, 0) is 16.0 Å². The Labute approximate surface area is 109 Å². The number of terminal acetylenes is 1. The smallest absolute Gasteiger partial charge is 0.240 e. The van der Waals surface area contributed by atoms with E-state index < -0.39 is 29.5 Å². The lowest BCUT2D eigenvalue weighted by atomic mass is 10.1. The maximum Gasteiger partial charge on any atom is 0.240 e. The third-order valence-corrected chi connectivity index (χ3v) is 2.29. The fourth-order valence-electron chi connectivity index (χ4n) is 1.48. The van der Waals surface area contributed by atoms with Gasteiger partial charge in [0.1, 0.15) is 17.7 Å². The Kier molecular flexibility index (Phi) is 5.01. The van der Waals surface area contributed by atoms with Crippen LogP contribution in [0.1, 0.15) is 12.0 Å². The Hall–Kier alpha value is -2.42. The van der Waals surface area contributed by atoms with E-state index in [-0.39, 0.29) is 18.4 Å². The SMILES string of the molecule is C#CC[C@@H](NC(=O)Cc1cc(F)cc(F)c1)C(N)=O. The summed E-state index contributed by atoms with van der Waals surface area (Å²) in [7, 11) is 0. The summed E-state index contributed by atoms with van der Waals surface area (Å²) in [6.07, 6.45) is 4.71. The highest BCUT2D eigenvalue weighted by Gasteiger charge is 2.17. The first-order chi connectivity index (χ1) is 8.92. The van der Waals surface area contributed by atoms with E-state index in [9.17, 15) is 18.4 Å². The first kappa shape index (κ1) is 14.6. The lowest BCUT2D eigenvalue weighted by molar-refractivity contribution is -0.126. The van der Waals surface area contributed by atoms with Crippen molar-refractivity contribution in [2.75, 3.05) is 0 Å². The molecular formula is C13H12F2N2O2. The topological polar surface area (TPSA) is 72.2 Å². The summed E-state index contributed by atoms with van der Waals surface area (Å²) in [6, 6.07) is 1.77. The lowest BCUT2D eigenvalue weighted by Gasteiger charge is -2.12. The minimum atomic E-state index is -0.990. The molecule has 0 fully saturated rings. The average Bonchev–Trinajstić information content (AvgIpc) is 2.26. The second-order valence-electron chi connectivity index (χ2n) is 3.89. The Bertz CT molecular complexity index is 518. The second kappa shape index (κ2) is 6.50. The number of carbonyl (C=O) groups excluding carboxylic acids is 2. The molecule has 0 saturated heterocycles. The van der Waals surface area contributed by atoms with Gasteiger partial charge in [-0.05, 0) is 17.7 Å². The normalized spacial score (nSPS) is 11.4. The van der Waals surface area contributed by atoms with Crippen LogP contribution in [0.4, 0.5) is 8.78 Å². The molecule has 1 aromatic carbocycles. The second-order valence-corrected chi connectivity index (χ2v) is 3.89. The Balaban J connectivity index is 2.69. The first-order valence-corrected chi connectivity index (χ1v) is 5.39. The zero-order chi connectivity index (χ0) is 14.4. The van der Waals surface area contributed by atoms with Crippen molar-refractivity contribution in [3.05, 3.63) is 35.4 Å². The van der Waals surface area contributed by atoms with E-state index in [0.717, 1.165) is 12.1 Å². The largest absolute Gasteiger partial charge is 0.368 e. The van der Waals surface area contributed by atoms with Crippen molar-refractivity contribution in [3.8, 4) is 12.3 Å². The Morgan fingerprint density at radius 1 is 1.32 bits per heavy atom. The Morgan fingerprint density at radius 2 is 1.89 bits per heavy atom. The van der Waals surface area contributed by atoms with E-state index in [0.29, 0.717) is 6.07 Å². The van der Waals surface area contributed by atoms with Crippen molar-refractivity contribution in [2.45, 2.75) is 18.9 Å². The van der Waals surface area contributed by atoms with Crippen LogP contribution in [0.15, 0.2) is 18.2 Å². The molecule has 1 aromatic rings. The molecule has 1 atom stereocenters. The summed E-state index contributed by atoms with van der Waals surface area (Å²) in [6.45, 7) is 0. The molecular weight excluding hydrogens is 254 g/mol. The van der Waals surface area contributed by atoms with E-state index >= 15 is 0 Å². The number of nitrogens with two attached hydrogens (primary N) is 1. The van der Waals surface area contributed by atoms with E-state index in [2.05, 4.69) is 11.2 Å². The molecule has 0 aliphatic carbocycles. The van der Waals surface area contributed by atoms with Gasteiger partial charge in [0.25, 0.3) is 0 Å². The van der Waals surface area contributed by atoms with Crippen LogP contribution in [0.2, 0.25) is 0 Å². The van der Waals surface area contributed by atoms with Gasteiger partial charge in [0.05, 0.1) is 6.42 Å². The summed E-state index contributed by atoms with van der Waals surface area (Å²) in [5.74, 6) is -0.719. The van der Waals surface area contributed by atoms with Crippen LogP contribution in [0.5, 0.6) is 0 Å². The molecule has 3 N–H and O–H groups in total. The van der Waals surface area contributed by atoms with Gasteiger partial charge in [0.15, 0.2) is 0 Å². The van der Waals surface area contributed by atoms with E-state index in [4.69, 9.17) is 12.2 Å². The monoisotopic (exact) mass is 266 g/mol. The molecule has 0 bridgehead atoms. The zero-order valence-corrected chi connectivity index (χ0v) is 9.95. The Morgan fingerprint density at radius 3 is 2.37 bits per heavy atom. The predicted molar refractivity (Wildman–Crippen MR) is 64.6 cm³/mol. The molecule has 19 heavy (non-hydrogen) atoms. The van der Waals surface area contributed by atoms with E-state index in [1.165, 1.54) is 0 Å². The highest BCUT2D eigenvalue weighted by Crippen LogP contribution is 2.08. The lowest BCUT2D eigenvalue weighted by Crippen LogP contribution is -2.44. The van der Waals surface area contributed by atoms with Crippen LogP contribution < -0.4 is 11.1 Å². The highest BCUT2D eigenvalue weighted by atomic mass is 19.1. The van der Waals surface area contributed by atoms with Crippen molar-refractivity contribution in [3.63, 3.8) is 0 Å². The first-order valence-electron chi connectivity index (χ1n) is 5.39. The van der Waals surface area contributed by atoms with Crippen molar-refractivity contribution in [1.29, 1.82) is 0 Å². The number of nitrogens with one attached hydrogen (secondary N) is 1. The summed E-state index contributed by atoms with van der Waals surface area (Å²) in [5, 5.41) is 2.30. The molecule has 0 aliphatic rings. The molecule has 100 valence electrons. The third kappa shape index (κ3) is 4.76. The number of hydrogen-bond acceptors (Lipinski definition) is 2. The summed E-state index contributed by atoms with van der Waals surface area (Å²) in [5.41, 5.74) is 5.20. The quantitative estimate of drug-likeness (QED) is 0.762. The molecule has 0 spiro atoms. The average molecular weight is 266 g/mol. The number of halogens is 2. The molecule has 0 unspecified atom stereocenters.